The van der Waals surface area contributed by atoms with E-state index in [0.717, 1.165) is 32.2 Å². The molecule has 7 heteroatoms. The minimum Gasteiger partial charge on any atom is -0.369 e. The highest BCUT2D eigenvalue weighted by atomic mass is 35.5. The zero-order chi connectivity index (χ0) is 23.9. The van der Waals surface area contributed by atoms with E-state index < -0.39 is 5.82 Å². The molecule has 0 atom stereocenters. The molecule has 2 fully saturated rings. The number of hydrogen-bond donors (Lipinski definition) is 1. The van der Waals surface area contributed by atoms with Crippen LogP contribution in [-0.2, 0) is 12.0 Å². The first-order valence-electron chi connectivity index (χ1n) is 12.4. The third-order valence-electron chi connectivity index (χ3n) is 7.74. The monoisotopic (exact) mass is 484 g/mol. The Balaban J connectivity index is 1.29. The van der Waals surface area contributed by atoms with E-state index >= 15 is 0 Å². The van der Waals surface area contributed by atoms with Crippen LogP contribution in [0, 0.1) is 5.82 Å². The first-order valence-corrected chi connectivity index (χ1v) is 12.8. The number of halogens is 2. The summed E-state index contributed by atoms with van der Waals surface area (Å²) in [6.45, 7) is 9.88. The van der Waals surface area contributed by atoms with Gasteiger partial charge in [0.1, 0.15) is 5.82 Å². The van der Waals surface area contributed by atoms with Crippen molar-refractivity contribution in [1.82, 2.24) is 9.80 Å². The Morgan fingerprint density at radius 3 is 2.50 bits per heavy atom. The molecule has 0 radical (unpaired) electrons. The standard InChI is InChI=1S/C27H34ClFN4O/c1-27(2)18-33(26(34)30-20-7-10-25(29)24(28)16-20)17-19-15-22(8-9-23(19)27)32-13-11-31(12-14-32)21-5-3-4-6-21/h7-10,15-16,21H,3-6,11-14,17-18H2,1-2H3,(H,30,34). The van der Waals surface area contributed by atoms with Gasteiger partial charge in [-0.25, -0.2) is 9.18 Å². The van der Waals surface area contributed by atoms with Gasteiger partial charge in [-0.1, -0.05) is 44.4 Å². The van der Waals surface area contributed by atoms with Crippen LogP contribution >= 0.6 is 11.6 Å². The molecule has 2 aromatic carbocycles. The maximum atomic E-state index is 13.5. The fourth-order valence-electron chi connectivity index (χ4n) is 5.93. The van der Waals surface area contributed by atoms with Gasteiger partial charge in [0.05, 0.1) is 5.02 Å². The normalized spacial score (nSPS) is 20.9. The number of fused-ring (bicyclic) bond motifs is 1. The summed E-state index contributed by atoms with van der Waals surface area (Å²) in [5.74, 6) is -0.496. The number of urea groups is 1. The number of rotatable bonds is 3. The number of carbonyl (C=O) groups excluding carboxylic acids is 1. The maximum Gasteiger partial charge on any atom is 0.322 e. The summed E-state index contributed by atoms with van der Waals surface area (Å²) in [6.07, 6.45) is 5.47. The maximum absolute atomic E-state index is 13.5. The highest BCUT2D eigenvalue weighted by Crippen LogP contribution is 2.36. The van der Waals surface area contributed by atoms with Crippen LogP contribution in [0.3, 0.4) is 0 Å². The van der Waals surface area contributed by atoms with Crippen molar-refractivity contribution < 1.29 is 9.18 Å². The molecule has 5 nitrogen and oxygen atoms in total. The first kappa shape index (κ1) is 23.4. The van der Waals surface area contributed by atoms with Crippen LogP contribution in [0.15, 0.2) is 36.4 Å². The number of carbonyl (C=O) groups is 1. The lowest BCUT2D eigenvalue weighted by atomic mass is 9.78. The van der Waals surface area contributed by atoms with Gasteiger partial charge >= 0.3 is 6.03 Å². The fourth-order valence-corrected chi connectivity index (χ4v) is 6.11. The van der Waals surface area contributed by atoms with E-state index in [9.17, 15) is 9.18 Å². The van der Waals surface area contributed by atoms with Gasteiger partial charge in [-0.15, -0.1) is 0 Å². The number of anilines is 2. The molecule has 5 rings (SSSR count). The van der Waals surface area contributed by atoms with Gasteiger partial charge in [0, 0.05) is 62.1 Å². The Morgan fingerprint density at radius 1 is 1.06 bits per heavy atom. The molecule has 0 spiro atoms. The van der Waals surface area contributed by atoms with Crippen molar-refractivity contribution >= 4 is 29.0 Å². The Kier molecular flexibility index (Phi) is 6.47. The quantitative estimate of drug-likeness (QED) is 0.592. The van der Waals surface area contributed by atoms with Gasteiger partial charge in [0.15, 0.2) is 0 Å². The van der Waals surface area contributed by atoms with Gasteiger partial charge in [0.25, 0.3) is 0 Å². The number of benzene rings is 2. The molecular formula is C27H34ClFN4O. The van der Waals surface area contributed by atoms with Crippen LogP contribution in [0.5, 0.6) is 0 Å². The minimum atomic E-state index is -0.496. The van der Waals surface area contributed by atoms with Crippen molar-refractivity contribution in [3.8, 4) is 0 Å². The number of hydrogen-bond acceptors (Lipinski definition) is 3. The largest absolute Gasteiger partial charge is 0.369 e. The van der Waals surface area contributed by atoms with Crippen molar-refractivity contribution in [2.75, 3.05) is 42.9 Å². The van der Waals surface area contributed by atoms with Crippen LogP contribution in [0.2, 0.25) is 5.02 Å². The zero-order valence-corrected chi connectivity index (χ0v) is 20.9. The Labute approximate surface area is 206 Å². The summed E-state index contributed by atoms with van der Waals surface area (Å²) in [6, 6.07) is 11.6. The topological polar surface area (TPSA) is 38.8 Å². The molecule has 34 heavy (non-hydrogen) atoms. The van der Waals surface area contributed by atoms with Gasteiger partial charge in [-0.05, 0) is 54.3 Å². The number of piperazine rings is 1. The second-order valence-corrected chi connectivity index (χ2v) is 11.0. The number of nitrogens with one attached hydrogen (secondary N) is 1. The van der Waals surface area contributed by atoms with E-state index in [1.807, 2.05) is 4.90 Å². The van der Waals surface area contributed by atoms with E-state index in [2.05, 4.69) is 47.2 Å². The van der Waals surface area contributed by atoms with Crippen LogP contribution in [0.4, 0.5) is 20.6 Å². The second-order valence-electron chi connectivity index (χ2n) is 10.6. The molecule has 2 heterocycles. The molecule has 2 amide bonds. The van der Waals surface area contributed by atoms with Crippen LogP contribution in [0.25, 0.3) is 0 Å². The van der Waals surface area contributed by atoms with E-state index in [1.54, 1.807) is 0 Å². The fraction of sp³-hybridized carbons (Fsp3) is 0.519. The van der Waals surface area contributed by atoms with Crippen molar-refractivity contribution in [3.05, 3.63) is 58.4 Å². The minimum absolute atomic E-state index is 0.000195. The van der Waals surface area contributed by atoms with Crippen molar-refractivity contribution in [2.24, 2.45) is 0 Å². The predicted octanol–water partition coefficient (Wildman–Crippen LogP) is 5.87. The molecule has 0 unspecified atom stereocenters. The molecule has 182 valence electrons. The lowest BCUT2D eigenvalue weighted by Gasteiger charge is -2.42. The summed E-state index contributed by atoms with van der Waals surface area (Å²) in [5.41, 5.74) is 4.07. The van der Waals surface area contributed by atoms with Gasteiger partial charge < -0.3 is 15.1 Å². The SMILES string of the molecule is CC1(C)CN(C(=O)Nc2ccc(F)c(Cl)c2)Cc2cc(N3CCN(C4CCCC4)CC3)ccc21. The highest BCUT2D eigenvalue weighted by Gasteiger charge is 2.35. The lowest BCUT2D eigenvalue weighted by Crippen LogP contribution is -2.50. The average molecular weight is 485 g/mol. The van der Waals surface area contributed by atoms with Gasteiger partial charge in [-0.3, -0.25) is 4.90 Å². The zero-order valence-electron chi connectivity index (χ0n) is 20.1. The van der Waals surface area contributed by atoms with E-state index in [-0.39, 0.29) is 16.5 Å². The third kappa shape index (κ3) is 4.76. The second kappa shape index (κ2) is 9.38. The Bertz CT molecular complexity index is 1060. The highest BCUT2D eigenvalue weighted by molar-refractivity contribution is 6.31. The predicted molar refractivity (Wildman–Crippen MR) is 136 cm³/mol. The van der Waals surface area contributed by atoms with E-state index in [4.69, 9.17) is 11.6 Å². The molecule has 1 aliphatic carbocycles. The number of amides is 2. The van der Waals surface area contributed by atoms with Crippen molar-refractivity contribution in [2.45, 2.75) is 57.5 Å². The Morgan fingerprint density at radius 2 is 1.79 bits per heavy atom. The third-order valence-corrected chi connectivity index (χ3v) is 8.03. The molecule has 2 aromatic rings. The molecule has 0 bridgehead atoms. The summed E-state index contributed by atoms with van der Waals surface area (Å²) >= 11 is 5.88. The van der Waals surface area contributed by atoms with Gasteiger partial charge in [0.2, 0.25) is 0 Å². The summed E-state index contributed by atoms with van der Waals surface area (Å²) in [4.78, 5) is 20.1. The Hall–Kier alpha value is -2.31. The van der Waals surface area contributed by atoms with Crippen LogP contribution in [0.1, 0.15) is 50.7 Å². The first-order chi connectivity index (χ1) is 16.3. The summed E-state index contributed by atoms with van der Waals surface area (Å²) in [5, 5.41) is 2.88. The summed E-state index contributed by atoms with van der Waals surface area (Å²) < 4.78 is 13.5. The van der Waals surface area contributed by atoms with Crippen LogP contribution in [-0.4, -0.2) is 54.6 Å². The molecule has 0 aromatic heterocycles. The molecule has 1 saturated carbocycles. The van der Waals surface area contributed by atoms with Crippen LogP contribution < -0.4 is 10.2 Å². The van der Waals surface area contributed by atoms with Crippen molar-refractivity contribution in [1.29, 1.82) is 0 Å². The van der Waals surface area contributed by atoms with E-state index in [1.165, 1.54) is 60.7 Å². The average Bonchev–Trinajstić information content (AvgIpc) is 3.36. The van der Waals surface area contributed by atoms with Crippen molar-refractivity contribution in [3.63, 3.8) is 0 Å². The van der Waals surface area contributed by atoms with E-state index in [0.29, 0.717) is 18.8 Å². The molecule has 2 aliphatic heterocycles. The number of nitrogens with zero attached hydrogens (tertiary/aromatic N) is 3. The molecule has 1 saturated heterocycles. The molecule has 1 N–H and O–H groups in total. The molecule has 3 aliphatic rings. The lowest BCUT2D eigenvalue weighted by molar-refractivity contribution is 0.186. The van der Waals surface area contributed by atoms with Gasteiger partial charge in [-0.2, -0.15) is 0 Å². The smallest absolute Gasteiger partial charge is 0.322 e. The summed E-state index contributed by atoms with van der Waals surface area (Å²) in [7, 11) is 0. The molecular weight excluding hydrogens is 451 g/mol.